The van der Waals surface area contributed by atoms with Crippen LogP contribution in [0.25, 0.3) is 0 Å². The first-order chi connectivity index (χ1) is 39.7. The van der Waals surface area contributed by atoms with Crippen LogP contribution in [0.2, 0.25) is 0 Å². The molecule has 2 saturated heterocycles. The second kappa shape index (κ2) is 52.4. The molecule has 16 heteroatoms. The molecule has 2 heterocycles. The molecule has 0 atom stereocenters. The van der Waals surface area contributed by atoms with Crippen molar-refractivity contribution in [3.8, 4) is 0 Å². The second-order valence-corrected chi connectivity index (χ2v) is 26.8. The van der Waals surface area contributed by atoms with Crippen LogP contribution in [0.3, 0.4) is 0 Å². The van der Waals surface area contributed by atoms with Gasteiger partial charge in [0.25, 0.3) is 0 Å². The standard InChI is InChI=1S/C20H42N4O.C18H40N4.C16H35N3O.C14H33N3.CH4/c1-7-21-10-12-22(8-2)14-16-24(18-19(25)20(4,5)6)17-15-23(9-3)13-11-21;1-6-19-9-11-20(7-2)13-15-22(17-18(4)5)16-14-21(8-3)12-10-19;1-8-17(9-2)13-19(14-18(10-3)11-4)12-15(20)16(5,6)7;1-7-15(8-2)12-17(11-14(5)6)13-16(9-3)10-4;/h7-18H2,1-6H3;18H,6-17H2,1-5H3;8-14H2,1-7H3;14H,7-13H2,1-6H3;1H4. The number of nitrogens with zero attached hydrogens (tertiary/aromatic N) is 14. The van der Waals surface area contributed by atoms with Crippen molar-refractivity contribution in [2.24, 2.45) is 22.7 Å². The SMILES string of the molecule is C.CCN(CC)CN(CC(=O)C(C)(C)C)CN(CC)CC.CCN(CC)CN(CC(C)C)CN(CC)CC.CCN1CCN(CC)CCN(CC(=O)C(C)(C)C)CCN(CC)CC1.CCN1CCN(CC)CCN(CC(C)C)CCN(CC)CC1. The van der Waals surface area contributed by atoms with Gasteiger partial charge >= 0.3 is 0 Å². The summed E-state index contributed by atoms with van der Waals surface area (Å²) in [5.74, 6) is 2.16. The maximum Gasteiger partial charge on any atom is 0.152 e. The van der Waals surface area contributed by atoms with Gasteiger partial charge in [-0.05, 0) is 103 Å². The fraction of sp³-hybridized carbons (Fsp3) is 0.971. The van der Waals surface area contributed by atoms with Crippen molar-refractivity contribution >= 4 is 11.6 Å². The van der Waals surface area contributed by atoms with Crippen LogP contribution in [0.15, 0.2) is 0 Å². The van der Waals surface area contributed by atoms with Crippen LogP contribution in [-0.4, -0.2) is 329 Å². The van der Waals surface area contributed by atoms with E-state index in [1.54, 1.807) is 0 Å². The van der Waals surface area contributed by atoms with E-state index in [9.17, 15) is 9.59 Å². The van der Waals surface area contributed by atoms with E-state index >= 15 is 0 Å². The molecule has 0 bridgehead atoms. The maximum absolute atomic E-state index is 12.5. The summed E-state index contributed by atoms with van der Waals surface area (Å²) < 4.78 is 0. The van der Waals surface area contributed by atoms with E-state index in [4.69, 9.17) is 0 Å². The van der Waals surface area contributed by atoms with Crippen LogP contribution >= 0.6 is 0 Å². The van der Waals surface area contributed by atoms with Crippen LogP contribution in [0.4, 0.5) is 0 Å². The van der Waals surface area contributed by atoms with E-state index in [1.807, 2.05) is 41.5 Å². The third-order valence-electron chi connectivity index (χ3n) is 17.4. The number of likely N-dealkylation sites (N-methyl/N-ethyl adjacent to an activating group) is 6. The molecule has 0 unspecified atom stereocenters. The molecule has 0 aromatic heterocycles. The Labute approximate surface area is 533 Å². The molecule has 0 radical (unpaired) electrons. The van der Waals surface area contributed by atoms with Gasteiger partial charge in [0, 0.05) is 129 Å². The van der Waals surface area contributed by atoms with Crippen LogP contribution in [-0.2, 0) is 9.59 Å². The zero-order valence-electron chi connectivity index (χ0n) is 61.1. The Morgan fingerprint density at radius 1 is 0.318 bits per heavy atom. The fourth-order valence-electron chi connectivity index (χ4n) is 10.4. The number of ketones is 2. The highest BCUT2D eigenvalue weighted by molar-refractivity contribution is 5.85. The molecular formula is C69H154N14O2. The first-order valence-electron chi connectivity index (χ1n) is 34.9. The minimum Gasteiger partial charge on any atom is -0.301 e. The van der Waals surface area contributed by atoms with Crippen molar-refractivity contribution in [3.63, 3.8) is 0 Å². The molecule has 2 fully saturated rings. The summed E-state index contributed by atoms with van der Waals surface area (Å²) in [6.07, 6.45) is 0. The first kappa shape index (κ1) is 88.0. The Bertz CT molecular complexity index is 1440. The van der Waals surface area contributed by atoms with E-state index < -0.39 is 0 Å². The Morgan fingerprint density at radius 3 is 0.741 bits per heavy atom. The lowest BCUT2D eigenvalue weighted by molar-refractivity contribution is -0.129. The van der Waals surface area contributed by atoms with Gasteiger partial charge < -0.3 is 34.3 Å². The summed E-state index contributed by atoms with van der Waals surface area (Å²) in [5.41, 5.74) is -0.509. The minimum atomic E-state index is -0.259. The van der Waals surface area contributed by atoms with Crippen molar-refractivity contribution in [2.75, 3.05) is 249 Å². The lowest BCUT2D eigenvalue weighted by atomic mass is 9.90. The number of carbonyl (C=O) groups excluding carboxylic acids is 2. The van der Waals surface area contributed by atoms with Crippen LogP contribution in [0, 0.1) is 22.7 Å². The van der Waals surface area contributed by atoms with Crippen LogP contribution in [0.5, 0.6) is 0 Å². The number of carbonyl (C=O) groups is 2. The number of rotatable bonds is 30. The second-order valence-electron chi connectivity index (χ2n) is 26.8. The van der Waals surface area contributed by atoms with Crippen molar-refractivity contribution < 1.29 is 9.59 Å². The zero-order chi connectivity index (χ0) is 64.3. The van der Waals surface area contributed by atoms with E-state index in [0.29, 0.717) is 24.7 Å². The molecule has 85 heavy (non-hydrogen) atoms. The Hall–Kier alpha value is -1.22. The first-order valence-corrected chi connectivity index (χ1v) is 34.9. The predicted molar refractivity (Wildman–Crippen MR) is 375 cm³/mol. The predicted octanol–water partition coefficient (Wildman–Crippen LogP) is 9.49. The average Bonchev–Trinajstić information content (AvgIpc) is 3.52. The van der Waals surface area contributed by atoms with Gasteiger partial charge in [0.05, 0.1) is 39.8 Å². The molecule has 2 aliphatic rings. The van der Waals surface area contributed by atoms with Gasteiger partial charge in [-0.15, -0.1) is 0 Å². The van der Waals surface area contributed by atoms with Gasteiger partial charge in [0.15, 0.2) is 11.6 Å². The lowest BCUT2D eigenvalue weighted by Crippen LogP contribution is -2.47. The minimum absolute atomic E-state index is 0. The summed E-state index contributed by atoms with van der Waals surface area (Å²) in [5, 5.41) is 0. The molecule has 0 spiro atoms. The topological polar surface area (TPSA) is 79.5 Å². The summed E-state index contributed by atoms with van der Waals surface area (Å²) in [6, 6.07) is 0. The Morgan fingerprint density at radius 2 is 0.541 bits per heavy atom. The summed E-state index contributed by atoms with van der Waals surface area (Å²) in [4.78, 5) is 59.9. The number of Topliss-reactive ketones (excluding diaryl/α,β-unsaturated/α-hetero) is 2. The van der Waals surface area contributed by atoms with Gasteiger partial charge in [0.1, 0.15) is 0 Å². The van der Waals surface area contributed by atoms with E-state index in [-0.39, 0.29) is 18.3 Å². The average molecular weight is 1210 g/mol. The van der Waals surface area contributed by atoms with Crippen molar-refractivity contribution in [1.82, 2.24) is 68.6 Å². The molecule has 0 saturated carbocycles. The normalized spacial score (nSPS) is 17.7. The highest BCUT2D eigenvalue weighted by Crippen LogP contribution is 2.17. The molecule has 0 N–H and O–H groups in total. The third-order valence-corrected chi connectivity index (χ3v) is 17.4. The number of hydrogen-bond donors (Lipinski definition) is 0. The Kier molecular flexibility index (Phi) is 54.2. The van der Waals surface area contributed by atoms with Crippen molar-refractivity contribution in [1.29, 1.82) is 0 Å². The summed E-state index contributed by atoms with van der Waals surface area (Å²) >= 11 is 0. The van der Waals surface area contributed by atoms with Gasteiger partial charge in [0.2, 0.25) is 0 Å². The quantitative estimate of drug-likeness (QED) is 0.0641. The smallest absolute Gasteiger partial charge is 0.152 e. The third kappa shape index (κ3) is 44.0. The maximum atomic E-state index is 12.5. The van der Waals surface area contributed by atoms with Gasteiger partial charge in [-0.3, -0.25) is 43.9 Å². The zero-order valence-corrected chi connectivity index (χ0v) is 61.1. The molecule has 0 amide bonds. The number of hydrogen-bond acceptors (Lipinski definition) is 16. The van der Waals surface area contributed by atoms with E-state index in [2.05, 4.69) is 193 Å². The largest absolute Gasteiger partial charge is 0.301 e. The van der Waals surface area contributed by atoms with Gasteiger partial charge in [-0.1, -0.05) is 174 Å². The van der Waals surface area contributed by atoms with Crippen molar-refractivity contribution in [3.05, 3.63) is 0 Å². The monoisotopic (exact) mass is 1210 g/mol. The molecule has 0 aromatic rings. The molecule has 2 rings (SSSR count). The van der Waals surface area contributed by atoms with E-state index in [1.165, 1.54) is 85.1 Å². The fourth-order valence-corrected chi connectivity index (χ4v) is 10.4. The summed E-state index contributed by atoms with van der Waals surface area (Å²) in [7, 11) is 0. The molecular weight excluding hydrogens is 1060 g/mol. The Balaban J connectivity index is -0.00000106. The van der Waals surface area contributed by atoms with Crippen molar-refractivity contribution in [2.45, 2.75) is 174 Å². The van der Waals surface area contributed by atoms with Crippen LogP contribution in [0.1, 0.15) is 174 Å². The molecule has 512 valence electrons. The van der Waals surface area contributed by atoms with Gasteiger partial charge in [-0.2, -0.15) is 0 Å². The van der Waals surface area contributed by atoms with Crippen LogP contribution < -0.4 is 0 Å². The molecule has 0 aliphatic carbocycles. The lowest BCUT2D eigenvalue weighted by Gasteiger charge is -2.34. The molecule has 0 aromatic carbocycles. The highest BCUT2D eigenvalue weighted by atomic mass is 16.1. The molecule has 2 aliphatic heterocycles. The highest BCUT2D eigenvalue weighted by Gasteiger charge is 2.26. The van der Waals surface area contributed by atoms with Gasteiger partial charge in [-0.25, -0.2) is 0 Å². The van der Waals surface area contributed by atoms with E-state index in [0.717, 1.165) is 163 Å². The molecule has 16 nitrogen and oxygen atoms in total. The summed E-state index contributed by atoms with van der Waals surface area (Å²) in [6.45, 7) is 94.0.